The molecule has 0 aliphatic heterocycles. The van der Waals surface area contributed by atoms with Crippen LogP contribution < -0.4 is 9.44 Å². The van der Waals surface area contributed by atoms with E-state index in [0.717, 1.165) is 35.4 Å². The lowest BCUT2D eigenvalue weighted by Crippen LogP contribution is -2.14. The predicted molar refractivity (Wildman–Crippen MR) is 117 cm³/mol. The minimum atomic E-state index is -4.00. The van der Waals surface area contributed by atoms with Crippen LogP contribution in [0.1, 0.15) is 11.1 Å². The van der Waals surface area contributed by atoms with E-state index in [1.165, 1.54) is 24.3 Å². The molecule has 0 amide bonds. The highest BCUT2D eigenvalue weighted by Gasteiger charge is 2.18. The number of nitrogens with zero attached hydrogens (tertiary/aromatic N) is 1. The molecule has 31 heavy (non-hydrogen) atoms. The normalized spacial score (nSPS) is 11.7. The monoisotopic (exact) mass is 461 g/mol. The lowest BCUT2D eigenvalue weighted by molar-refractivity contribution is -0.384. The second kappa shape index (κ2) is 8.36. The second-order valence-electron chi connectivity index (χ2n) is 6.79. The van der Waals surface area contributed by atoms with E-state index in [9.17, 15) is 26.9 Å². The topological polar surface area (TPSA) is 135 Å². The second-order valence-corrected chi connectivity index (χ2v) is 10.2. The van der Waals surface area contributed by atoms with Crippen LogP contribution >= 0.6 is 0 Å². The first kappa shape index (κ1) is 22.2. The van der Waals surface area contributed by atoms with Gasteiger partial charge in [0.1, 0.15) is 0 Å². The summed E-state index contributed by atoms with van der Waals surface area (Å²) in [7, 11) is -7.86. The minimum absolute atomic E-state index is 0.0380. The van der Waals surface area contributed by atoms with Crippen molar-refractivity contribution in [1.29, 1.82) is 0 Å². The minimum Gasteiger partial charge on any atom is -0.280 e. The van der Waals surface area contributed by atoms with Crippen molar-refractivity contribution >= 4 is 37.1 Å². The molecule has 11 heteroatoms. The van der Waals surface area contributed by atoms with Gasteiger partial charge in [0.15, 0.2) is 0 Å². The van der Waals surface area contributed by atoms with Crippen molar-refractivity contribution in [2.24, 2.45) is 0 Å². The number of hydrogen-bond donors (Lipinski definition) is 2. The average molecular weight is 462 g/mol. The molecule has 0 heterocycles. The van der Waals surface area contributed by atoms with Crippen molar-refractivity contribution in [3.05, 3.63) is 88.0 Å². The summed E-state index contributed by atoms with van der Waals surface area (Å²) in [5, 5.41) is 10.7. The van der Waals surface area contributed by atoms with E-state index in [0.29, 0.717) is 5.69 Å². The molecule has 0 spiro atoms. The van der Waals surface area contributed by atoms with Crippen LogP contribution in [0.15, 0.2) is 76.5 Å². The Morgan fingerprint density at radius 3 is 1.61 bits per heavy atom. The van der Waals surface area contributed by atoms with Crippen LogP contribution in [0.2, 0.25) is 0 Å². The van der Waals surface area contributed by atoms with Crippen LogP contribution in [0.4, 0.5) is 17.1 Å². The summed E-state index contributed by atoms with van der Waals surface area (Å²) in [6.45, 7) is 3.79. The van der Waals surface area contributed by atoms with Gasteiger partial charge in [0.05, 0.1) is 14.7 Å². The molecule has 0 saturated heterocycles. The molecule has 0 unspecified atom stereocenters. The number of rotatable bonds is 7. The van der Waals surface area contributed by atoms with Crippen LogP contribution in [0.25, 0.3) is 0 Å². The highest BCUT2D eigenvalue weighted by molar-refractivity contribution is 7.93. The fourth-order valence-electron chi connectivity index (χ4n) is 2.68. The van der Waals surface area contributed by atoms with Gasteiger partial charge in [-0.15, -0.1) is 0 Å². The van der Waals surface area contributed by atoms with Crippen LogP contribution in [0, 0.1) is 24.0 Å². The summed E-state index contributed by atoms with van der Waals surface area (Å²) in [6.07, 6.45) is 0. The molecule has 3 aromatic carbocycles. The third kappa shape index (κ3) is 5.19. The Bertz CT molecular complexity index is 1330. The van der Waals surface area contributed by atoms with Gasteiger partial charge in [-0.1, -0.05) is 6.07 Å². The summed E-state index contributed by atoms with van der Waals surface area (Å²) in [5.41, 5.74) is 2.31. The molecule has 0 atom stereocenters. The molecule has 0 aliphatic rings. The Morgan fingerprint density at radius 1 is 0.677 bits per heavy atom. The summed E-state index contributed by atoms with van der Waals surface area (Å²) < 4.78 is 54.9. The quantitative estimate of drug-likeness (QED) is 0.406. The molecule has 0 bridgehead atoms. The van der Waals surface area contributed by atoms with Crippen molar-refractivity contribution in [1.82, 2.24) is 0 Å². The fourth-order valence-corrected chi connectivity index (χ4v) is 4.79. The van der Waals surface area contributed by atoms with Crippen molar-refractivity contribution in [3.8, 4) is 0 Å². The van der Waals surface area contributed by atoms with E-state index in [1.54, 1.807) is 12.1 Å². The van der Waals surface area contributed by atoms with Crippen LogP contribution in [-0.2, 0) is 20.0 Å². The molecule has 0 radical (unpaired) electrons. The number of nitro benzene ring substituents is 1. The summed E-state index contributed by atoms with van der Waals surface area (Å²) in [6, 6.07) is 14.8. The smallest absolute Gasteiger partial charge is 0.269 e. The van der Waals surface area contributed by atoms with E-state index in [-0.39, 0.29) is 21.2 Å². The Morgan fingerprint density at radius 2 is 1.13 bits per heavy atom. The lowest BCUT2D eigenvalue weighted by Gasteiger charge is -2.11. The molecule has 3 aromatic rings. The molecule has 9 nitrogen and oxygen atoms in total. The predicted octanol–water partition coefficient (Wildman–Crippen LogP) is 3.81. The number of nitrogens with one attached hydrogen (secondary N) is 2. The van der Waals surface area contributed by atoms with Gasteiger partial charge in [-0.2, -0.15) is 0 Å². The van der Waals surface area contributed by atoms with E-state index in [4.69, 9.17) is 0 Å². The maximum atomic E-state index is 12.6. The maximum Gasteiger partial charge on any atom is 0.269 e. The first-order valence-electron chi connectivity index (χ1n) is 8.95. The SMILES string of the molecule is Cc1ccc(NS(=O)(=O)c2ccc(NS(=O)(=O)c3ccc([N+](=O)[O-])cc3)cc2)cc1C. The van der Waals surface area contributed by atoms with Crippen LogP contribution in [0.3, 0.4) is 0 Å². The standard InChI is InChI=1S/C20H19N3O6S2/c1-14-3-4-17(13-15(14)2)22-31(28,29)19-9-5-16(6-10-19)21-30(26,27)20-11-7-18(8-12-20)23(24)25/h3-13,21-22H,1-2H3. The van der Waals surface area contributed by atoms with Gasteiger partial charge >= 0.3 is 0 Å². The number of nitro groups is 1. The summed E-state index contributed by atoms with van der Waals surface area (Å²) in [4.78, 5) is 9.87. The molecule has 0 saturated carbocycles. The van der Waals surface area contributed by atoms with Gasteiger partial charge in [0, 0.05) is 23.5 Å². The fraction of sp³-hybridized carbons (Fsp3) is 0.100. The molecular weight excluding hydrogens is 442 g/mol. The molecule has 3 rings (SSSR count). The lowest BCUT2D eigenvalue weighted by atomic mass is 10.1. The van der Waals surface area contributed by atoms with Crippen molar-refractivity contribution < 1.29 is 21.8 Å². The van der Waals surface area contributed by atoms with E-state index >= 15 is 0 Å². The van der Waals surface area contributed by atoms with Gasteiger partial charge in [0.2, 0.25) is 0 Å². The zero-order chi connectivity index (χ0) is 22.8. The average Bonchev–Trinajstić information content (AvgIpc) is 2.71. The van der Waals surface area contributed by atoms with E-state index in [1.807, 2.05) is 19.9 Å². The highest BCUT2D eigenvalue weighted by atomic mass is 32.2. The van der Waals surface area contributed by atoms with E-state index < -0.39 is 25.0 Å². The van der Waals surface area contributed by atoms with Gasteiger partial charge in [-0.05, 0) is 73.5 Å². The first-order chi connectivity index (χ1) is 14.5. The number of sulfonamides is 2. The van der Waals surface area contributed by atoms with Crippen LogP contribution in [-0.4, -0.2) is 21.8 Å². The van der Waals surface area contributed by atoms with Gasteiger partial charge < -0.3 is 0 Å². The first-order valence-corrected chi connectivity index (χ1v) is 11.9. The third-order valence-electron chi connectivity index (χ3n) is 4.53. The Hall–Kier alpha value is -3.44. The molecule has 162 valence electrons. The van der Waals surface area contributed by atoms with E-state index in [2.05, 4.69) is 9.44 Å². The Labute approximate surface area is 180 Å². The van der Waals surface area contributed by atoms with Crippen molar-refractivity contribution in [3.63, 3.8) is 0 Å². The summed E-state index contributed by atoms with van der Waals surface area (Å²) in [5.74, 6) is 0. The Balaban J connectivity index is 1.77. The molecule has 0 aliphatic carbocycles. The molecule has 0 fully saturated rings. The van der Waals surface area contributed by atoms with Crippen LogP contribution in [0.5, 0.6) is 0 Å². The molecule has 2 N–H and O–H groups in total. The molecule has 0 aromatic heterocycles. The number of benzene rings is 3. The number of aryl methyl sites for hydroxylation is 2. The Kier molecular flexibility index (Phi) is 6.00. The number of non-ortho nitro benzene ring substituents is 1. The largest absolute Gasteiger partial charge is 0.280 e. The van der Waals surface area contributed by atoms with Crippen molar-refractivity contribution in [2.75, 3.05) is 9.44 Å². The zero-order valence-corrected chi connectivity index (χ0v) is 18.2. The number of hydrogen-bond acceptors (Lipinski definition) is 6. The van der Waals surface area contributed by atoms with Gasteiger partial charge in [0.25, 0.3) is 25.7 Å². The van der Waals surface area contributed by atoms with Crippen molar-refractivity contribution in [2.45, 2.75) is 23.6 Å². The zero-order valence-electron chi connectivity index (χ0n) is 16.6. The maximum absolute atomic E-state index is 12.6. The highest BCUT2D eigenvalue weighted by Crippen LogP contribution is 2.23. The van der Waals surface area contributed by atoms with Gasteiger partial charge in [-0.25, -0.2) is 16.8 Å². The molecular formula is C20H19N3O6S2. The summed E-state index contributed by atoms with van der Waals surface area (Å²) >= 11 is 0. The van der Waals surface area contributed by atoms with Gasteiger partial charge in [-0.3, -0.25) is 19.6 Å². The third-order valence-corrected chi connectivity index (χ3v) is 7.33. The number of anilines is 2.